The van der Waals surface area contributed by atoms with Gasteiger partial charge in [-0.15, -0.1) is 0 Å². The van der Waals surface area contributed by atoms with Crippen molar-refractivity contribution in [1.82, 2.24) is 4.31 Å². The largest absolute Gasteiger partial charge is 0.366 e. The van der Waals surface area contributed by atoms with Crippen molar-refractivity contribution in [3.05, 3.63) is 29.8 Å². The van der Waals surface area contributed by atoms with Crippen molar-refractivity contribution in [3.8, 4) is 0 Å². The number of ether oxygens (including phenoxy) is 1. The van der Waals surface area contributed by atoms with Crippen LogP contribution < -0.4 is 0 Å². The number of rotatable bonds is 2. The predicted octanol–water partition coefficient (Wildman–Crippen LogP) is 1.69. The molecule has 0 N–H and O–H groups in total. The molecular formula is C14H17NO3S. The van der Waals surface area contributed by atoms with Crippen molar-refractivity contribution in [3.63, 3.8) is 0 Å². The molecular weight excluding hydrogens is 262 g/mol. The van der Waals surface area contributed by atoms with Crippen LogP contribution >= 0.6 is 0 Å². The van der Waals surface area contributed by atoms with Gasteiger partial charge in [0.25, 0.3) is 0 Å². The van der Waals surface area contributed by atoms with E-state index in [0.29, 0.717) is 4.90 Å². The molecule has 4 nitrogen and oxygen atoms in total. The Labute approximate surface area is 113 Å². The molecule has 5 heteroatoms. The Kier molecular flexibility index (Phi) is 2.12. The molecule has 0 aromatic heterocycles. The van der Waals surface area contributed by atoms with Gasteiger partial charge in [-0.25, -0.2) is 8.42 Å². The normalized spacial score (nSPS) is 43.3. The molecule has 2 aliphatic heterocycles. The van der Waals surface area contributed by atoms with Crippen LogP contribution in [0.15, 0.2) is 29.2 Å². The third kappa shape index (κ3) is 1.61. The molecule has 0 amide bonds. The number of hydrogen-bond acceptors (Lipinski definition) is 3. The van der Waals surface area contributed by atoms with E-state index in [1.165, 1.54) is 0 Å². The quantitative estimate of drug-likeness (QED) is 0.774. The van der Waals surface area contributed by atoms with E-state index in [-0.39, 0.29) is 23.8 Å². The second-order valence-corrected chi connectivity index (χ2v) is 7.98. The molecule has 3 aliphatic rings. The Bertz CT molecular complexity index is 639. The van der Waals surface area contributed by atoms with Crippen molar-refractivity contribution >= 4 is 10.0 Å². The number of nitrogens with zero attached hydrogens (tertiary/aromatic N) is 1. The van der Waals surface area contributed by atoms with Gasteiger partial charge in [-0.2, -0.15) is 4.31 Å². The molecule has 0 bridgehead atoms. The van der Waals surface area contributed by atoms with E-state index in [2.05, 4.69) is 6.92 Å². The second-order valence-electron chi connectivity index (χ2n) is 6.14. The summed E-state index contributed by atoms with van der Waals surface area (Å²) in [5.74, 6) is 0. The SMILES string of the molecule is Cc1ccc(S(=O)(=O)N2[C@@H]3C[C@@]4(C)O[C@H]4C[C@@H]32)cc1. The Morgan fingerprint density at radius 3 is 2.58 bits per heavy atom. The first-order valence-electron chi connectivity index (χ1n) is 6.70. The molecule has 1 aliphatic carbocycles. The monoisotopic (exact) mass is 279 g/mol. The van der Waals surface area contributed by atoms with Gasteiger partial charge in [-0.05, 0) is 38.8 Å². The molecule has 102 valence electrons. The molecule has 5 atom stereocenters. The van der Waals surface area contributed by atoms with Crippen molar-refractivity contribution < 1.29 is 13.2 Å². The van der Waals surface area contributed by atoms with Crippen LogP contribution in [0, 0.1) is 6.92 Å². The topological polar surface area (TPSA) is 49.7 Å². The van der Waals surface area contributed by atoms with E-state index in [1.807, 2.05) is 19.1 Å². The third-order valence-corrected chi connectivity index (χ3v) is 6.67. The number of hydrogen-bond donors (Lipinski definition) is 0. The molecule has 4 rings (SSSR count). The van der Waals surface area contributed by atoms with Gasteiger partial charge in [0.05, 0.1) is 16.6 Å². The molecule has 3 fully saturated rings. The van der Waals surface area contributed by atoms with Gasteiger partial charge in [0.2, 0.25) is 10.0 Å². The van der Waals surface area contributed by atoms with E-state index in [0.717, 1.165) is 18.4 Å². The maximum Gasteiger partial charge on any atom is 0.243 e. The average Bonchev–Trinajstić information content (AvgIpc) is 3.18. The summed E-state index contributed by atoms with van der Waals surface area (Å²) in [6, 6.07) is 7.41. The smallest absolute Gasteiger partial charge is 0.243 e. The first kappa shape index (κ1) is 11.9. The van der Waals surface area contributed by atoms with Gasteiger partial charge in [-0.3, -0.25) is 0 Å². The molecule has 19 heavy (non-hydrogen) atoms. The third-order valence-electron chi connectivity index (χ3n) is 4.71. The fourth-order valence-corrected chi connectivity index (χ4v) is 5.21. The summed E-state index contributed by atoms with van der Waals surface area (Å²) in [6.45, 7) is 4.04. The van der Waals surface area contributed by atoms with Crippen LogP contribution in [0.1, 0.15) is 25.3 Å². The zero-order valence-electron chi connectivity index (χ0n) is 11.0. The lowest BCUT2D eigenvalue weighted by Gasteiger charge is -2.08. The van der Waals surface area contributed by atoms with Crippen LogP contribution in [0.25, 0.3) is 0 Å². The van der Waals surface area contributed by atoms with Gasteiger partial charge in [0.1, 0.15) is 0 Å². The summed E-state index contributed by atoms with van der Waals surface area (Å²) in [5.41, 5.74) is 1.02. The molecule has 2 heterocycles. The Hall–Kier alpha value is -0.910. The second kappa shape index (κ2) is 3.40. The highest BCUT2D eigenvalue weighted by molar-refractivity contribution is 7.89. The summed E-state index contributed by atoms with van der Waals surface area (Å²) in [5, 5.41) is 0. The highest BCUT2D eigenvalue weighted by atomic mass is 32.2. The van der Waals surface area contributed by atoms with Crippen LogP contribution in [0.5, 0.6) is 0 Å². The Morgan fingerprint density at radius 2 is 1.95 bits per heavy atom. The van der Waals surface area contributed by atoms with Gasteiger partial charge in [0, 0.05) is 12.1 Å². The molecule has 0 spiro atoms. The lowest BCUT2D eigenvalue weighted by Crippen LogP contribution is -2.20. The van der Waals surface area contributed by atoms with E-state index in [9.17, 15) is 8.42 Å². The van der Waals surface area contributed by atoms with Crippen LogP contribution in [-0.2, 0) is 14.8 Å². The maximum absolute atomic E-state index is 12.6. The Balaban J connectivity index is 1.62. The number of sulfonamides is 1. The first-order valence-corrected chi connectivity index (χ1v) is 8.14. The van der Waals surface area contributed by atoms with Crippen LogP contribution in [0.3, 0.4) is 0 Å². The standard InChI is InChI=1S/C14H17NO3S/c1-9-3-5-10(6-4-9)19(16,17)15-11-7-13-14(2,18-13)8-12(11)15/h3-6,11-13H,7-8H2,1-2H3/t11-,12+,13-,14+,15?/m0/s1. The van der Waals surface area contributed by atoms with Crippen molar-refractivity contribution in [2.24, 2.45) is 0 Å². The van der Waals surface area contributed by atoms with Gasteiger partial charge in [0.15, 0.2) is 0 Å². The van der Waals surface area contributed by atoms with E-state index < -0.39 is 10.0 Å². The highest BCUT2D eigenvalue weighted by Gasteiger charge is 2.69. The summed E-state index contributed by atoms with van der Waals surface area (Å²) in [4.78, 5) is 0.409. The van der Waals surface area contributed by atoms with Crippen molar-refractivity contribution in [2.75, 3.05) is 0 Å². The van der Waals surface area contributed by atoms with Crippen LogP contribution in [0.2, 0.25) is 0 Å². The minimum Gasteiger partial charge on any atom is -0.366 e. The maximum atomic E-state index is 12.6. The number of fused-ring (bicyclic) bond motifs is 2. The predicted molar refractivity (Wildman–Crippen MR) is 70.3 cm³/mol. The lowest BCUT2D eigenvalue weighted by atomic mass is 9.91. The van der Waals surface area contributed by atoms with E-state index >= 15 is 0 Å². The van der Waals surface area contributed by atoms with Gasteiger partial charge in [-0.1, -0.05) is 17.7 Å². The summed E-state index contributed by atoms with van der Waals surface area (Å²) >= 11 is 0. The summed E-state index contributed by atoms with van der Waals surface area (Å²) < 4.78 is 32.5. The zero-order chi connectivity index (χ0) is 13.4. The molecule has 1 unspecified atom stereocenters. The molecule has 0 radical (unpaired) electrons. The average molecular weight is 279 g/mol. The van der Waals surface area contributed by atoms with E-state index in [4.69, 9.17) is 4.74 Å². The van der Waals surface area contributed by atoms with Crippen LogP contribution in [-0.4, -0.2) is 36.5 Å². The Morgan fingerprint density at radius 1 is 1.26 bits per heavy atom. The molecule has 1 aromatic carbocycles. The molecule has 1 aromatic rings. The zero-order valence-corrected chi connectivity index (χ0v) is 11.9. The fraction of sp³-hybridized carbons (Fsp3) is 0.571. The van der Waals surface area contributed by atoms with Crippen molar-refractivity contribution in [2.45, 2.75) is 55.4 Å². The minimum atomic E-state index is -3.32. The summed E-state index contributed by atoms with van der Waals surface area (Å²) in [6.07, 6.45) is 1.96. The fourth-order valence-electron chi connectivity index (χ4n) is 3.39. The van der Waals surface area contributed by atoms with Crippen LogP contribution in [0.4, 0.5) is 0 Å². The molecule has 1 saturated carbocycles. The van der Waals surface area contributed by atoms with Gasteiger partial charge >= 0.3 is 0 Å². The highest BCUT2D eigenvalue weighted by Crippen LogP contribution is 2.57. The molecule has 2 saturated heterocycles. The number of epoxide rings is 1. The first-order chi connectivity index (χ1) is 8.92. The van der Waals surface area contributed by atoms with Crippen molar-refractivity contribution in [1.29, 1.82) is 0 Å². The number of aryl methyl sites for hydroxylation is 1. The van der Waals surface area contributed by atoms with Gasteiger partial charge < -0.3 is 4.74 Å². The minimum absolute atomic E-state index is 0.0568. The lowest BCUT2D eigenvalue weighted by molar-refractivity contribution is 0.294. The number of benzene rings is 1. The van der Waals surface area contributed by atoms with E-state index in [1.54, 1.807) is 16.4 Å². The summed E-state index contributed by atoms with van der Waals surface area (Å²) in [7, 11) is -3.32.